The quantitative estimate of drug-likeness (QED) is 0.550. The first-order valence-electron chi connectivity index (χ1n) is 6.70. The van der Waals surface area contributed by atoms with Crippen molar-refractivity contribution in [3.8, 4) is 0 Å². The Balaban J connectivity index is 2.31. The molecule has 0 saturated carbocycles. The molecule has 0 aliphatic carbocycles. The molecule has 0 bridgehead atoms. The average molecular weight is 269 g/mol. The van der Waals surface area contributed by atoms with E-state index in [0.29, 0.717) is 13.2 Å². The van der Waals surface area contributed by atoms with E-state index in [0.717, 1.165) is 25.7 Å². The Morgan fingerprint density at radius 2 is 2.28 bits per heavy atom. The SMILES string of the molecule is CCCCOC(=O)CNC(CCC)c1cccs1. The van der Waals surface area contributed by atoms with E-state index in [-0.39, 0.29) is 12.0 Å². The van der Waals surface area contributed by atoms with Crippen LogP contribution in [0.2, 0.25) is 0 Å². The number of carbonyl (C=O) groups is 1. The number of rotatable bonds is 9. The van der Waals surface area contributed by atoms with Crippen molar-refractivity contribution >= 4 is 17.3 Å². The van der Waals surface area contributed by atoms with E-state index in [1.165, 1.54) is 4.88 Å². The first kappa shape index (κ1) is 15.2. The van der Waals surface area contributed by atoms with Crippen LogP contribution in [0.15, 0.2) is 17.5 Å². The molecule has 1 unspecified atom stereocenters. The van der Waals surface area contributed by atoms with E-state index < -0.39 is 0 Å². The summed E-state index contributed by atoms with van der Waals surface area (Å²) >= 11 is 1.73. The van der Waals surface area contributed by atoms with Crippen molar-refractivity contribution in [2.24, 2.45) is 0 Å². The summed E-state index contributed by atoms with van der Waals surface area (Å²) in [5.41, 5.74) is 0. The molecule has 1 N–H and O–H groups in total. The van der Waals surface area contributed by atoms with E-state index in [1.807, 2.05) is 6.07 Å². The Labute approximate surface area is 114 Å². The molecule has 0 radical (unpaired) electrons. The minimum absolute atomic E-state index is 0.152. The van der Waals surface area contributed by atoms with E-state index in [2.05, 4.69) is 30.6 Å². The largest absolute Gasteiger partial charge is 0.465 e. The summed E-state index contributed by atoms with van der Waals surface area (Å²) < 4.78 is 5.13. The van der Waals surface area contributed by atoms with Gasteiger partial charge in [-0.2, -0.15) is 0 Å². The van der Waals surface area contributed by atoms with Gasteiger partial charge in [0.1, 0.15) is 0 Å². The van der Waals surface area contributed by atoms with Crippen LogP contribution >= 0.6 is 11.3 Å². The van der Waals surface area contributed by atoms with Gasteiger partial charge in [-0.3, -0.25) is 10.1 Å². The molecule has 1 aromatic heterocycles. The summed E-state index contributed by atoms with van der Waals surface area (Å²) in [5.74, 6) is -0.152. The standard InChI is InChI=1S/C14H23NO2S/c1-3-5-9-17-14(16)11-15-12(7-4-2)13-8-6-10-18-13/h6,8,10,12,15H,3-5,7,9,11H2,1-2H3. The highest BCUT2D eigenvalue weighted by Gasteiger charge is 2.13. The monoisotopic (exact) mass is 269 g/mol. The fourth-order valence-electron chi connectivity index (χ4n) is 1.71. The van der Waals surface area contributed by atoms with Gasteiger partial charge in [0, 0.05) is 10.9 Å². The van der Waals surface area contributed by atoms with Crippen LogP contribution in [0, 0.1) is 0 Å². The minimum Gasteiger partial charge on any atom is -0.465 e. The lowest BCUT2D eigenvalue weighted by molar-refractivity contribution is -0.142. The number of unbranched alkanes of at least 4 members (excludes halogenated alkanes) is 1. The van der Waals surface area contributed by atoms with Crippen molar-refractivity contribution in [2.45, 2.75) is 45.6 Å². The van der Waals surface area contributed by atoms with Gasteiger partial charge in [0.15, 0.2) is 0 Å². The second-order valence-electron chi connectivity index (χ2n) is 4.31. The molecule has 1 aromatic rings. The van der Waals surface area contributed by atoms with Crippen LogP contribution in [-0.2, 0) is 9.53 Å². The molecule has 0 aliphatic heterocycles. The Morgan fingerprint density at radius 3 is 2.89 bits per heavy atom. The summed E-state index contributed by atoms with van der Waals surface area (Å²) in [7, 11) is 0. The van der Waals surface area contributed by atoms with Crippen molar-refractivity contribution in [1.29, 1.82) is 0 Å². The summed E-state index contributed by atoms with van der Waals surface area (Å²) in [6.07, 6.45) is 4.13. The Hall–Kier alpha value is -0.870. The maximum Gasteiger partial charge on any atom is 0.319 e. The molecule has 102 valence electrons. The zero-order valence-corrected chi connectivity index (χ0v) is 12.1. The molecular formula is C14H23NO2S. The molecule has 0 saturated heterocycles. The van der Waals surface area contributed by atoms with E-state index in [4.69, 9.17) is 4.74 Å². The van der Waals surface area contributed by atoms with Crippen molar-refractivity contribution in [3.63, 3.8) is 0 Å². The van der Waals surface area contributed by atoms with Gasteiger partial charge < -0.3 is 4.74 Å². The Kier molecular flexibility index (Phi) is 7.69. The van der Waals surface area contributed by atoms with Crippen LogP contribution < -0.4 is 5.32 Å². The second kappa shape index (κ2) is 9.11. The van der Waals surface area contributed by atoms with E-state index >= 15 is 0 Å². The lowest BCUT2D eigenvalue weighted by Crippen LogP contribution is -2.28. The predicted octanol–water partition coefficient (Wildman–Crippen LogP) is 3.52. The van der Waals surface area contributed by atoms with Crippen LogP contribution in [0.5, 0.6) is 0 Å². The molecule has 3 nitrogen and oxygen atoms in total. The van der Waals surface area contributed by atoms with Gasteiger partial charge >= 0.3 is 5.97 Å². The lowest BCUT2D eigenvalue weighted by atomic mass is 10.1. The maximum absolute atomic E-state index is 11.5. The van der Waals surface area contributed by atoms with Gasteiger partial charge in [0.2, 0.25) is 0 Å². The van der Waals surface area contributed by atoms with Crippen LogP contribution in [0.3, 0.4) is 0 Å². The molecule has 0 fully saturated rings. The first-order chi connectivity index (χ1) is 8.77. The third kappa shape index (κ3) is 5.65. The van der Waals surface area contributed by atoms with Crippen molar-refractivity contribution in [3.05, 3.63) is 22.4 Å². The number of hydrogen-bond donors (Lipinski definition) is 1. The highest BCUT2D eigenvalue weighted by Crippen LogP contribution is 2.22. The molecule has 1 rings (SSSR count). The van der Waals surface area contributed by atoms with Gasteiger partial charge in [-0.05, 0) is 24.3 Å². The van der Waals surface area contributed by atoms with Crippen LogP contribution in [0.25, 0.3) is 0 Å². The fourth-order valence-corrected chi connectivity index (χ4v) is 2.55. The number of nitrogens with one attached hydrogen (secondary N) is 1. The normalized spacial score (nSPS) is 12.3. The van der Waals surface area contributed by atoms with E-state index in [9.17, 15) is 4.79 Å². The molecule has 0 spiro atoms. The predicted molar refractivity (Wildman–Crippen MR) is 75.8 cm³/mol. The molecule has 0 aliphatic rings. The van der Waals surface area contributed by atoms with Gasteiger partial charge in [-0.1, -0.05) is 32.8 Å². The first-order valence-corrected chi connectivity index (χ1v) is 7.58. The highest BCUT2D eigenvalue weighted by atomic mass is 32.1. The minimum atomic E-state index is -0.152. The summed E-state index contributed by atoms with van der Waals surface area (Å²) in [6.45, 7) is 5.07. The van der Waals surface area contributed by atoms with Crippen molar-refractivity contribution < 1.29 is 9.53 Å². The summed E-state index contributed by atoms with van der Waals surface area (Å²) in [6, 6.07) is 4.43. The highest BCUT2D eigenvalue weighted by molar-refractivity contribution is 7.10. The number of thiophene rings is 1. The van der Waals surface area contributed by atoms with Crippen LogP contribution in [0.1, 0.15) is 50.4 Å². The molecule has 0 amide bonds. The molecule has 1 atom stereocenters. The fraction of sp³-hybridized carbons (Fsp3) is 0.643. The number of esters is 1. The van der Waals surface area contributed by atoms with Gasteiger partial charge in [-0.25, -0.2) is 0 Å². The van der Waals surface area contributed by atoms with Crippen molar-refractivity contribution in [2.75, 3.05) is 13.2 Å². The molecule has 1 heterocycles. The smallest absolute Gasteiger partial charge is 0.319 e. The molecule has 0 aromatic carbocycles. The summed E-state index contributed by atoms with van der Waals surface area (Å²) in [4.78, 5) is 12.8. The Bertz CT molecular complexity index is 325. The summed E-state index contributed by atoms with van der Waals surface area (Å²) in [5, 5.41) is 5.35. The maximum atomic E-state index is 11.5. The molecule has 4 heteroatoms. The van der Waals surface area contributed by atoms with E-state index in [1.54, 1.807) is 11.3 Å². The van der Waals surface area contributed by atoms with Crippen molar-refractivity contribution in [1.82, 2.24) is 5.32 Å². The third-order valence-corrected chi connectivity index (χ3v) is 3.70. The number of hydrogen-bond acceptors (Lipinski definition) is 4. The van der Waals surface area contributed by atoms with Crippen LogP contribution in [0.4, 0.5) is 0 Å². The zero-order valence-electron chi connectivity index (χ0n) is 11.3. The average Bonchev–Trinajstić information content (AvgIpc) is 2.88. The number of carbonyl (C=O) groups excluding carboxylic acids is 1. The molecular weight excluding hydrogens is 246 g/mol. The topological polar surface area (TPSA) is 38.3 Å². The lowest BCUT2D eigenvalue weighted by Gasteiger charge is -2.16. The number of ether oxygens (including phenoxy) is 1. The zero-order chi connectivity index (χ0) is 13.2. The van der Waals surface area contributed by atoms with Gasteiger partial charge in [0.05, 0.1) is 13.2 Å². The van der Waals surface area contributed by atoms with Gasteiger partial charge in [0.25, 0.3) is 0 Å². The van der Waals surface area contributed by atoms with Gasteiger partial charge in [-0.15, -0.1) is 11.3 Å². The van der Waals surface area contributed by atoms with Crippen LogP contribution in [-0.4, -0.2) is 19.1 Å². The Morgan fingerprint density at radius 1 is 1.44 bits per heavy atom. The third-order valence-electron chi connectivity index (χ3n) is 2.72. The second-order valence-corrected chi connectivity index (χ2v) is 5.29. The molecule has 18 heavy (non-hydrogen) atoms.